The Morgan fingerprint density at radius 3 is 2.03 bits per heavy atom. The van der Waals surface area contributed by atoms with Crippen molar-refractivity contribution in [2.75, 3.05) is 12.4 Å². The lowest BCUT2D eigenvalue weighted by atomic mass is 10.2. The largest absolute Gasteiger partial charge is 0.495 e. The van der Waals surface area contributed by atoms with Gasteiger partial charge in [-0.2, -0.15) is 0 Å². The van der Waals surface area contributed by atoms with Crippen molar-refractivity contribution in [2.45, 2.75) is 33.2 Å². The van der Waals surface area contributed by atoms with Crippen LogP contribution >= 0.6 is 69.1 Å². The summed E-state index contributed by atoms with van der Waals surface area (Å²) in [5.41, 5.74) is 1.03. The van der Waals surface area contributed by atoms with Crippen LogP contribution in [0.2, 0.25) is 20.7 Å². The summed E-state index contributed by atoms with van der Waals surface area (Å²) in [5.74, 6) is 1.40. The minimum atomic E-state index is 0.210. The van der Waals surface area contributed by atoms with E-state index in [-0.39, 0.29) is 10.6 Å². The smallest absolute Gasteiger partial charge is 0.225 e. The van der Waals surface area contributed by atoms with Crippen molar-refractivity contribution >= 4 is 95.3 Å². The van der Waals surface area contributed by atoms with E-state index in [0.29, 0.717) is 22.5 Å². The number of anilines is 1. The molecule has 0 saturated carbocycles. The summed E-state index contributed by atoms with van der Waals surface area (Å²) in [6, 6.07) is 9.81. The Bertz CT molecular complexity index is 1520. The molecule has 0 spiro atoms. The second-order valence-corrected chi connectivity index (χ2v) is 11.2. The average Bonchev–Trinajstić information content (AvgIpc) is 3.47. The number of benzene rings is 1. The molecule has 36 heavy (non-hydrogen) atoms. The number of aromatic nitrogens is 4. The molecule has 12 heteroatoms. The Balaban J connectivity index is 0.000000197. The van der Waals surface area contributed by atoms with Crippen molar-refractivity contribution in [3.63, 3.8) is 0 Å². The highest BCUT2D eigenvalue weighted by Gasteiger charge is 2.11. The standard InChI is InChI=1S/C16H15Cl2N3OS.C8H6Cl2N2S/c1-3-10-7-11-14(20-16(18)21-15(11)23-10)19-8-9-4-5-13(22-2)12(17)6-9;1-2-4-3-5-6(9)11-8(10)12-7(5)13-4/h4-7H,3,8H2,1-2H3,(H,19,20,21);3H,2H2,1H3. The molecule has 6 nitrogen and oxygen atoms in total. The molecule has 0 unspecified atom stereocenters. The maximum absolute atomic E-state index is 6.16. The summed E-state index contributed by atoms with van der Waals surface area (Å²) in [6.45, 7) is 4.79. The molecule has 0 radical (unpaired) electrons. The molecule has 0 saturated heterocycles. The number of rotatable bonds is 6. The molecule has 0 bridgehead atoms. The van der Waals surface area contributed by atoms with Gasteiger partial charge in [0.1, 0.15) is 26.4 Å². The van der Waals surface area contributed by atoms with E-state index in [1.165, 1.54) is 9.75 Å². The lowest BCUT2D eigenvalue weighted by Crippen LogP contribution is -2.02. The molecule has 5 aromatic rings. The van der Waals surface area contributed by atoms with E-state index in [1.54, 1.807) is 29.8 Å². The molecule has 0 aliphatic rings. The van der Waals surface area contributed by atoms with Crippen molar-refractivity contribution in [3.8, 4) is 5.75 Å². The number of halogens is 4. The number of aryl methyl sites for hydroxylation is 2. The second-order valence-electron chi connectivity index (χ2n) is 7.52. The fourth-order valence-electron chi connectivity index (χ4n) is 3.35. The summed E-state index contributed by atoms with van der Waals surface area (Å²) in [7, 11) is 1.60. The SMILES string of the molecule is CCc1cc2c(Cl)nc(Cl)nc2s1.CCc1cc2c(NCc3ccc(OC)c(Cl)c3)nc(Cl)nc2s1. The van der Waals surface area contributed by atoms with Gasteiger partial charge in [-0.1, -0.05) is 43.1 Å². The van der Waals surface area contributed by atoms with Crippen molar-refractivity contribution < 1.29 is 4.74 Å². The van der Waals surface area contributed by atoms with Crippen LogP contribution in [0.25, 0.3) is 20.4 Å². The van der Waals surface area contributed by atoms with Gasteiger partial charge in [0.25, 0.3) is 0 Å². The lowest BCUT2D eigenvalue weighted by molar-refractivity contribution is 0.415. The van der Waals surface area contributed by atoms with Crippen molar-refractivity contribution in [2.24, 2.45) is 0 Å². The topological polar surface area (TPSA) is 72.8 Å². The summed E-state index contributed by atoms with van der Waals surface area (Å²) in [5, 5.41) is 6.69. The molecule has 0 atom stereocenters. The van der Waals surface area contributed by atoms with Gasteiger partial charge in [0.2, 0.25) is 10.6 Å². The van der Waals surface area contributed by atoms with Crippen LogP contribution in [0.4, 0.5) is 5.82 Å². The minimum Gasteiger partial charge on any atom is -0.495 e. The quantitative estimate of drug-likeness (QED) is 0.155. The third kappa shape index (κ3) is 6.30. The third-order valence-corrected chi connectivity index (χ3v) is 8.43. The first-order chi connectivity index (χ1) is 17.3. The normalized spacial score (nSPS) is 11.0. The number of nitrogens with zero attached hydrogens (tertiary/aromatic N) is 4. The highest BCUT2D eigenvalue weighted by atomic mass is 35.5. The fourth-order valence-corrected chi connectivity index (χ4v) is 6.32. The molecule has 0 fully saturated rings. The molecule has 188 valence electrons. The highest BCUT2D eigenvalue weighted by Crippen LogP contribution is 2.32. The predicted molar refractivity (Wildman–Crippen MR) is 154 cm³/mol. The Morgan fingerprint density at radius 2 is 1.42 bits per heavy atom. The zero-order valence-electron chi connectivity index (χ0n) is 19.5. The maximum Gasteiger partial charge on any atom is 0.225 e. The number of methoxy groups -OCH3 is 1. The van der Waals surface area contributed by atoms with Crippen LogP contribution in [0, 0.1) is 0 Å². The molecular formula is C24H21Cl4N5OS2. The van der Waals surface area contributed by atoms with Gasteiger partial charge in [-0.15, -0.1) is 22.7 Å². The van der Waals surface area contributed by atoms with Crippen LogP contribution in [-0.4, -0.2) is 27.0 Å². The van der Waals surface area contributed by atoms with Crippen molar-refractivity contribution in [3.05, 3.63) is 66.4 Å². The van der Waals surface area contributed by atoms with Crippen molar-refractivity contribution in [1.82, 2.24) is 19.9 Å². The first-order valence-corrected chi connectivity index (χ1v) is 14.1. The average molecular weight is 601 g/mol. The van der Waals surface area contributed by atoms with Gasteiger partial charge >= 0.3 is 0 Å². The second kappa shape index (κ2) is 12.1. The van der Waals surface area contributed by atoms with Gasteiger partial charge in [-0.25, -0.2) is 19.9 Å². The van der Waals surface area contributed by atoms with Crippen molar-refractivity contribution in [1.29, 1.82) is 0 Å². The molecule has 1 aromatic carbocycles. The van der Waals surface area contributed by atoms with Gasteiger partial charge in [0.05, 0.1) is 17.5 Å². The fraction of sp³-hybridized carbons (Fsp3) is 0.250. The Labute approximate surface area is 236 Å². The van der Waals surface area contributed by atoms with Crippen LogP contribution in [0.3, 0.4) is 0 Å². The van der Waals surface area contributed by atoms with Gasteiger partial charge in [-0.05, 0) is 65.9 Å². The molecule has 4 heterocycles. The van der Waals surface area contributed by atoms with E-state index in [9.17, 15) is 0 Å². The van der Waals surface area contributed by atoms with Crippen LogP contribution in [0.15, 0.2) is 30.3 Å². The van der Waals surface area contributed by atoms with Crippen LogP contribution < -0.4 is 10.1 Å². The molecule has 1 N–H and O–H groups in total. The number of hydrogen-bond donors (Lipinski definition) is 1. The predicted octanol–water partition coefficient (Wildman–Crippen LogP) is 8.74. The van der Waals surface area contributed by atoms with Gasteiger partial charge in [-0.3, -0.25) is 0 Å². The Hall–Kier alpha value is -1.94. The number of hydrogen-bond acceptors (Lipinski definition) is 8. The lowest BCUT2D eigenvalue weighted by Gasteiger charge is -2.09. The highest BCUT2D eigenvalue weighted by molar-refractivity contribution is 7.19. The number of fused-ring (bicyclic) bond motifs is 2. The Morgan fingerprint density at radius 1 is 0.806 bits per heavy atom. The van der Waals surface area contributed by atoms with E-state index >= 15 is 0 Å². The zero-order valence-corrected chi connectivity index (χ0v) is 24.2. The summed E-state index contributed by atoms with van der Waals surface area (Å²) < 4.78 is 5.16. The first kappa shape index (κ1) is 27.1. The van der Waals surface area contributed by atoms with Gasteiger partial charge in [0, 0.05) is 21.7 Å². The van der Waals surface area contributed by atoms with Gasteiger partial charge in [0.15, 0.2) is 0 Å². The molecular weight excluding hydrogens is 580 g/mol. The van der Waals surface area contributed by atoms with Crippen LogP contribution in [0.5, 0.6) is 5.75 Å². The molecule has 0 aliphatic carbocycles. The summed E-state index contributed by atoms with van der Waals surface area (Å²) in [6.07, 6.45) is 1.95. The Kier molecular flexibility index (Phi) is 9.09. The summed E-state index contributed by atoms with van der Waals surface area (Å²) >= 11 is 27.0. The van der Waals surface area contributed by atoms with E-state index in [4.69, 9.17) is 51.1 Å². The van der Waals surface area contributed by atoms with E-state index in [1.807, 2.05) is 24.3 Å². The van der Waals surface area contributed by atoms with E-state index in [0.717, 1.165) is 44.7 Å². The number of thiophene rings is 2. The molecule has 0 aliphatic heterocycles. The zero-order chi connectivity index (χ0) is 25.8. The monoisotopic (exact) mass is 599 g/mol. The van der Waals surface area contributed by atoms with Crippen LogP contribution in [-0.2, 0) is 19.4 Å². The molecule has 4 aromatic heterocycles. The molecule has 5 rings (SSSR count). The first-order valence-electron chi connectivity index (χ1n) is 10.9. The number of nitrogens with one attached hydrogen (secondary N) is 1. The summed E-state index contributed by atoms with van der Waals surface area (Å²) in [4.78, 5) is 20.8. The minimum absolute atomic E-state index is 0.210. The molecule has 0 amide bonds. The van der Waals surface area contributed by atoms with Crippen LogP contribution in [0.1, 0.15) is 29.2 Å². The maximum atomic E-state index is 6.16. The van der Waals surface area contributed by atoms with Gasteiger partial charge < -0.3 is 10.1 Å². The van der Waals surface area contributed by atoms with E-state index < -0.39 is 0 Å². The third-order valence-electron chi connectivity index (χ3n) is 5.16. The number of ether oxygens (including phenoxy) is 1. The van der Waals surface area contributed by atoms with E-state index in [2.05, 4.69) is 45.2 Å².